The van der Waals surface area contributed by atoms with Gasteiger partial charge in [0, 0.05) is 36.7 Å². The van der Waals surface area contributed by atoms with E-state index in [9.17, 15) is 19.6 Å². The van der Waals surface area contributed by atoms with Crippen molar-refractivity contribution in [1.29, 1.82) is 5.26 Å². The maximum absolute atomic E-state index is 13.4. The van der Waals surface area contributed by atoms with Gasteiger partial charge < -0.3 is 30.6 Å². The number of amides is 4. The molecule has 5 N–H and O–H groups in total. The molecule has 2 atom stereocenters. The minimum absolute atomic E-state index is 0.0527. The molecule has 3 heterocycles. The van der Waals surface area contributed by atoms with Crippen LogP contribution in [0, 0.1) is 18.4 Å². The first-order chi connectivity index (χ1) is 17.8. The number of carbonyl (C=O) groups excluding carboxylic acids is 3. The van der Waals surface area contributed by atoms with Crippen molar-refractivity contribution in [2.24, 2.45) is 10.7 Å². The Bertz CT molecular complexity index is 1230. The summed E-state index contributed by atoms with van der Waals surface area (Å²) in [5.41, 5.74) is 6.61. The van der Waals surface area contributed by atoms with Crippen molar-refractivity contribution >= 4 is 40.5 Å². The third-order valence-corrected chi connectivity index (χ3v) is 6.65. The average Bonchev–Trinajstić information content (AvgIpc) is 3.44. The smallest absolute Gasteiger partial charge is 0.312 e. The van der Waals surface area contributed by atoms with Gasteiger partial charge in [-0.3, -0.25) is 14.9 Å². The molecule has 196 valence electrons. The Labute approximate surface area is 214 Å². The number of aliphatic imine (C=N–C) groups is 1. The van der Waals surface area contributed by atoms with Crippen LogP contribution in [-0.4, -0.2) is 71.9 Å². The second kappa shape index (κ2) is 11.6. The van der Waals surface area contributed by atoms with E-state index in [0.29, 0.717) is 31.7 Å². The lowest BCUT2D eigenvalue weighted by Gasteiger charge is -2.29. The van der Waals surface area contributed by atoms with Crippen LogP contribution in [0.3, 0.4) is 0 Å². The number of nitrogens with one attached hydrogen (secondary N) is 3. The van der Waals surface area contributed by atoms with Gasteiger partial charge in [-0.2, -0.15) is 5.26 Å². The summed E-state index contributed by atoms with van der Waals surface area (Å²) in [7, 11) is 0. The number of aryl methyl sites for hydroxylation is 1. The molecule has 1 aromatic carbocycles. The third kappa shape index (κ3) is 6.49. The zero-order chi connectivity index (χ0) is 26.4. The Morgan fingerprint density at radius 3 is 2.84 bits per heavy atom. The largest absolute Gasteiger partial charge is 0.461 e. The van der Waals surface area contributed by atoms with Gasteiger partial charge in [-0.25, -0.2) is 9.79 Å². The van der Waals surface area contributed by atoms with Crippen molar-refractivity contribution in [3.05, 3.63) is 30.0 Å². The molecule has 0 bridgehead atoms. The molecular weight excluding hydrogens is 476 g/mol. The zero-order valence-corrected chi connectivity index (χ0v) is 20.8. The van der Waals surface area contributed by atoms with Gasteiger partial charge in [-0.15, -0.1) is 0 Å². The van der Waals surface area contributed by atoms with E-state index in [1.54, 1.807) is 15.9 Å². The average molecular weight is 509 g/mol. The Hall–Kier alpha value is -4.27. The predicted molar refractivity (Wildman–Crippen MR) is 137 cm³/mol. The summed E-state index contributed by atoms with van der Waals surface area (Å²) < 4.78 is 5.60. The highest BCUT2D eigenvalue weighted by atomic mass is 16.3. The molecule has 0 saturated carbocycles. The molecule has 2 aromatic rings. The number of nitrogens with zero attached hydrogens (tertiary/aromatic N) is 4. The van der Waals surface area contributed by atoms with Gasteiger partial charge in [0.15, 0.2) is 6.19 Å². The van der Waals surface area contributed by atoms with Gasteiger partial charge in [-0.05, 0) is 63.3 Å². The van der Waals surface area contributed by atoms with Crippen molar-refractivity contribution in [1.82, 2.24) is 20.4 Å². The lowest BCUT2D eigenvalue weighted by atomic mass is 10.1. The number of guanidine groups is 1. The van der Waals surface area contributed by atoms with E-state index in [-0.39, 0.29) is 30.4 Å². The van der Waals surface area contributed by atoms with Crippen LogP contribution < -0.4 is 21.7 Å². The van der Waals surface area contributed by atoms with Crippen LogP contribution in [0.4, 0.5) is 10.5 Å². The maximum atomic E-state index is 13.4. The second-order valence-electron chi connectivity index (χ2n) is 9.35. The maximum Gasteiger partial charge on any atom is 0.312 e. The van der Waals surface area contributed by atoms with Crippen LogP contribution in [0.1, 0.15) is 37.9 Å². The van der Waals surface area contributed by atoms with Crippen LogP contribution in [0.15, 0.2) is 33.7 Å². The number of hydrogen-bond donors (Lipinski definition) is 4. The number of benzene rings is 1. The molecule has 2 saturated heterocycles. The van der Waals surface area contributed by atoms with Gasteiger partial charge in [-0.1, -0.05) is 0 Å². The molecule has 2 unspecified atom stereocenters. The number of hydrogen-bond acceptors (Lipinski definition) is 6. The van der Waals surface area contributed by atoms with Crippen molar-refractivity contribution in [3.63, 3.8) is 0 Å². The molecule has 37 heavy (non-hydrogen) atoms. The summed E-state index contributed by atoms with van der Waals surface area (Å²) in [5.74, 6) is 0.533. The molecule has 4 rings (SSSR count). The molecule has 4 amide bonds. The number of primary amides is 1. The highest BCUT2D eigenvalue weighted by molar-refractivity contribution is 5.98. The number of nitrogens with two attached hydrogens (primary N) is 1. The van der Waals surface area contributed by atoms with E-state index in [1.807, 2.05) is 31.3 Å². The molecular formula is C25H32N8O4. The monoisotopic (exact) mass is 508 g/mol. The Morgan fingerprint density at radius 2 is 2.05 bits per heavy atom. The van der Waals surface area contributed by atoms with E-state index in [0.717, 1.165) is 42.4 Å². The Balaban J connectivity index is 1.45. The van der Waals surface area contributed by atoms with E-state index in [4.69, 9.17) is 10.2 Å². The fourth-order valence-electron chi connectivity index (χ4n) is 4.91. The van der Waals surface area contributed by atoms with Gasteiger partial charge in [0.1, 0.15) is 17.4 Å². The number of carbonyl (C=O) groups is 3. The van der Waals surface area contributed by atoms with E-state index >= 15 is 0 Å². The first-order valence-corrected chi connectivity index (χ1v) is 12.5. The topological polar surface area (TPSA) is 169 Å². The lowest BCUT2D eigenvalue weighted by molar-refractivity contribution is -0.141. The van der Waals surface area contributed by atoms with Gasteiger partial charge in [0.05, 0.1) is 6.54 Å². The summed E-state index contributed by atoms with van der Waals surface area (Å²) >= 11 is 0. The van der Waals surface area contributed by atoms with E-state index in [2.05, 4.69) is 20.9 Å². The first-order valence-electron chi connectivity index (χ1n) is 12.5. The van der Waals surface area contributed by atoms with E-state index in [1.165, 1.54) is 0 Å². The van der Waals surface area contributed by atoms with Crippen molar-refractivity contribution < 1.29 is 18.8 Å². The number of urea groups is 1. The first kappa shape index (κ1) is 25.8. The fourth-order valence-corrected chi connectivity index (χ4v) is 4.91. The van der Waals surface area contributed by atoms with Gasteiger partial charge in [0.25, 0.3) is 0 Å². The minimum Gasteiger partial charge on any atom is -0.461 e. The standard InChI is InChI=1S/C25H32N8O4/c1-16-11-17-12-18(7-8-21(17)37-16)30-25(29-15-26)31-20-6-2-3-9-32(23(20)35)14-22(34)33-10-4-5-19(33)13-28-24(27)36/h7-8,11-12,19-20H,2-6,9-10,13-14H2,1H3,(H3,27,28,36)(H2,29,30,31). The minimum atomic E-state index is -0.732. The molecule has 0 aliphatic carbocycles. The quantitative estimate of drug-likeness (QED) is 0.199. The number of nitriles is 1. The van der Waals surface area contributed by atoms with Crippen LogP contribution in [0.25, 0.3) is 11.0 Å². The van der Waals surface area contributed by atoms with Crippen LogP contribution in [0.2, 0.25) is 0 Å². The van der Waals surface area contributed by atoms with Crippen molar-refractivity contribution in [2.75, 3.05) is 31.5 Å². The molecule has 2 fully saturated rings. The summed E-state index contributed by atoms with van der Waals surface area (Å²) in [4.78, 5) is 45.3. The number of furan rings is 1. The Kier molecular flexibility index (Phi) is 8.12. The van der Waals surface area contributed by atoms with Crippen molar-refractivity contribution in [3.8, 4) is 6.19 Å². The Morgan fingerprint density at radius 1 is 1.22 bits per heavy atom. The van der Waals surface area contributed by atoms with Crippen molar-refractivity contribution in [2.45, 2.75) is 51.1 Å². The second-order valence-corrected chi connectivity index (χ2v) is 9.35. The van der Waals surface area contributed by atoms with Gasteiger partial charge >= 0.3 is 6.03 Å². The lowest BCUT2D eigenvalue weighted by Crippen LogP contribution is -2.49. The highest BCUT2D eigenvalue weighted by Gasteiger charge is 2.33. The SMILES string of the molecule is Cc1cc2cc(NC(=NC3CCCCN(CC(=O)N4CCCC4CNC(N)=O)C3=O)NC#N)ccc2o1. The van der Waals surface area contributed by atoms with Crippen LogP contribution in [-0.2, 0) is 9.59 Å². The van der Waals surface area contributed by atoms with E-state index < -0.39 is 12.1 Å². The van der Waals surface area contributed by atoms with Gasteiger partial charge in [0.2, 0.25) is 17.8 Å². The molecule has 12 nitrogen and oxygen atoms in total. The van der Waals surface area contributed by atoms with Crippen LogP contribution in [0.5, 0.6) is 0 Å². The number of rotatable bonds is 6. The number of fused-ring (bicyclic) bond motifs is 1. The fraction of sp³-hybridized carbons (Fsp3) is 0.480. The molecule has 2 aliphatic heterocycles. The summed E-state index contributed by atoms with van der Waals surface area (Å²) in [5, 5.41) is 18.3. The highest BCUT2D eigenvalue weighted by Crippen LogP contribution is 2.23. The molecule has 2 aliphatic rings. The van der Waals surface area contributed by atoms with Crippen LogP contribution >= 0.6 is 0 Å². The zero-order valence-electron chi connectivity index (χ0n) is 20.8. The summed E-state index contributed by atoms with van der Waals surface area (Å²) in [6.45, 7) is 3.14. The predicted octanol–water partition coefficient (Wildman–Crippen LogP) is 1.62. The molecule has 12 heteroatoms. The summed E-state index contributed by atoms with van der Waals surface area (Å²) in [6.07, 6.45) is 5.49. The normalized spacial score (nSPS) is 20.4. The summed E-state index contributed by atoms with van der Waals surface area (Å²) in [6, 6.07) is 5.92. The molecule has 1 aromatic heterocycles. The molecule has 0 radical (unpaired) electrons. The third-order valence-electron chi connectivity index (χ3n) is 6.65. The number of likely N-dealkylation sites (tertiary alicyclic amines) is 2. The number of anilines is 1. The molecule has 0 spiro atoms.